The van der Waals surface area contributed by atoms with E-state index in [2.05, 4.69) is 31.6 Å². The lowest BCUT2D eigenvalue weighted by molar-refractivity contribution is 0.314. The fourth-order valence-electron chi connectivity index (χ4n) is 0.671. The van der Waals surface area contributed by atoms with Gasteiger partial charge in [0.05, 0.1) is 25.6 Å². The van der Waals surface area contributed by atoms with Crippen LogP contribution in [0.25, 0.3) is 0 Å². The van der Waals surface area contributed by atoms with E-state index in [9.17, 15) is 13.0 Å². The smallest absolute Gasteiger partial charge is 0.217 e. The molecule has 0 unspecified atom stereocenters. The molecule has 0 saturated heterocycles. The van der Waals surface area contributed by atoms with Gasteiger partial charge in [0.1, 0.15) is 0 Å². The molecule has 4 nitrogen and oxygen atoms in total. The molecule has 0 aliphatic rings. The van der Waals surface area contributed by atoms with E-state index in [0.29, 0.717) is 0 Å². The third kappa shape index (κ3) is 10.4. The summed E-state index contributed by atoms with van der Waals surface area (Å²) < 4.78 is 31.0. The maximum absolute atomic E-state index is 9.22. The Morgan fingerprint density at radius 2 is 1.36 bits per heavy atom. The normalized spacial score (nSPS) is 11.9. The van der Waals surface area contributed by atoms with Crippen molar-refractivity contribution in [3.05, 3.63) is 0 Å². The quantitative estimate of drug-likeness (QED) is 0.429. The number of hydrogen-bond acceptors (Lipinski definition) is 4. The Morgan fingerprint density at radius 3 is 1.36 bits per heavy atom. The van der Waals surface area contributed by atoms with Gasteiger partial charge in [-0.05, 0) is 20.8 Å². The van der Waals surface area contributed by atoms with E-state index in [4.69, 9.17) is 0 Å². The first kappa shape index (κ1) is 16.7. The molecule has 0 N–H and O–H groups in total. The van der Waals surface area contributed by atoms with Gasteiger partial charge in [0.25, 0.3) is 0 Å². The summed E-state index contributed by atoms with van der Waals surface area (Å²) in [6, 6.07) is 0. The Hall–Kier alpha value is 0.300. The first-order chi connectivity index (χ1) is 6.24. The van der Waals surface area contributed by atoms with Crippen LogP contribution < -0.4 is 0 Å². The summed E-state index contributed by atoms with van der Waals surface area (Å²) in [5.74, 6) is 0. The van der Waals surface area contributed by atoms with Crippen LogP contribution in [0.15, 0.2) is 0 Å². The Morgan fingerprint density at radius 1 is 1.14 bits per heavy atom. The van der Waals surface area contributed by atoms with Crippen molar-refractivity contribution in [3.63, 3.8) is 0 Å². The molecule has 0 aromatic rings. The van der Waals surface area contributed by atoms with Crippen LogP contribution in [0.5, 0.6) is 0 Å². The summed E-state index contributed by atoms with van der Waals surface area (Å²) in [4.78, 5) is 0. The minimum absolute atomic E-state index is 0.412. The lowest BCUT2D eigenvalue weighted by Gasteiger charge is -2.16. The standard InChI is InChI=1S/C7H18P.CH4O4S/c1-5-8(4,6-2)7-3;1-5-6(2,3)4/h5-7H2,1-4H3;1H3,(H,2,3,4)/q+1;/p-1. The van der Waals surface area contributed by atoms with Crippen molar-refractivity contribution in [3.8, 4) is 0 Å². The molecule has 0 spiro atoms. The van der Waals surface area contributed by atoms with Gasteiger partial charge in [0.2, 0.25) is 10.4 Å². The zero-order valence-electron chi connectivity index (χ0n) is 9.61. The summed E-state index contributed by atoms with van der Waals surface area (Å²) in [6.07, 6.45) is 4.29. The predicted molar refractivity (Wildman–Crippen MR) is 61.2 cm³/mol. The molecular weight excluding hydrogens is 223 g/mol. The maximum atomic E-state index is 9.22. The zero-order valence-corrected chi connectivity index (χ0v) is 11.3. The van der Waals surface area contributed by atoms with Crippen LogP contribution in [-0.2, 0) is 14.6 Å². The summed E-state index contributed by atoms with van der Waals surface area (Å²) in [7, 11) is -4.02. The minimum atomic E-state index is -4.41. The van der Waals surface area contributed by atoms with Crippen molar-refractivity contribution >= 4 is 17.7 Å². The Labute approximate surface area is 88.3 Å². The highest BCUT2D eigenvalue weighted by molar-refractivity contribution is 7.80. The average molecular weight is 244 g/mol. The third-order valence-electron chi connectivity index (χ3n) is 2.49. The van der Waals surface area contributed by atoms with Gasteiger partial charge in [0.15, 0.2) is 0 Å². The number of hydrogen-bond donors (Lipinski definition) is 0. The summed E-state index contributed by atoms with van der Waals surface area (Å²) >= 11 is 0. The molecule has 0 saturated carbocycles. The summed E-state index contributed by atoms with van der Waals surface area (Å²) in [5, 5.41) is 0. The predicted octanol–water partition coefficient (Wildman–Crippen LogP) is 1.79. The van der Waals surface area contributed by atoms with Crippen LogP contribution in [0.2, 0.25) is 0 Å². The second-order valence-electron chi connectivity index (χ2n) is 3.14. The van der Waals surface area contributed by atoms with Crippen LogP contribution in [0.4, 0.5) is 0 Å². The molecule has 0 aromatic heterocycles. The first-order valence-electron chi connectivity index (χ1n) is 4.59. The molecule has 0 aliphatic heterocycles. The number of rotatable bonds is 4. The zero-order chi connectivity index (χ0) is 11.8. The lowest BCUT2D eigenvalue weighted by Crippen LogP contribution is -1.98. The van der Waals surface area contributed by atoms with Gasteiger partial charge in [0, 0.05) is 13.9 Å². The Balaban J connectivity index is 0. The van der Waals surface area contributed by atoms with E-state index in [1.54, 1.807) is 0 Å². The second-order valence-corrected chi connectivity index (χ2v) is 9.43. The molecule has 0 radical (unpaired) electrons. The fraction of sp³-hybridized carbons (Fsp3) is 1.00. The van der Waals surface area contributed by atoms with Gasteiger partial charge >= 0.3 is 0 Å². The summed E-state index contributed by atoms with van der Waals surface area (Å²) in [5.41, 5.74) is 0. The molecule has 0 rings (SSSR count). The van der Waals surface area contributed by atoms with Crippen molar-refractivity contribution < 1.29 is 17.2 Å². The second kappa shape index (κ2) is 7.57. The van der Waals surface area contributed by atoms with Crippen molar-refractivity contribution in [1.29, 1.82) is 0 Å². The molecule has 0 bridgehead atoms. The topological polar surface area (TPSA) is 66.4 Å². The van der Waals surface area contributed by atoms with Gasteiger partial charge in [-0.1, -0.05) is 0 Å². The largest absolute Gasteiger partial charge is 0.726 e. The Kier molecular flexibility index (Phi) is 9.04. The molecular formula is C8H21O4PS. The molecule has 6 heteroatoms. The van der Waals surface area contributed by atoms with E-state index >= 15 is 0 Å². The molecule has 0 fully saturated rings. The molecule has 0 amide bonds. The highest BCUT2D eigenvalue weighted by Gasteiger charge is 2.22. The van der Waals surface area contributed by atoms with Crippen molar-refractivity contribution in [2.75, 3.05) is 32.3 Å². The molecule has 0 atom stereocenters. The van der Waals surface area contributed by atoms with Crippen LogP contribution in [-0.4, -0.2) is 45.2 Å². The van der Waals surface area contributed by atoms with Gasteiger partial charge < -0.3 is 4.55 Å². The summed E-state index contributed by atoms with van der Waals surface area (Å²) in [6.45, 7) is 9.43. The highest BCUT2D eigenvalue weighted by Crippen LogP contribution is 2.53. The van der Waals surface area contributed by atoms with Crippen molar-refractivity contribution in [2.45, 2.75) is 20.8 Å². The minimum Gasteiger partial charge on any atom is -0.726 e. The first-order valence-corrected chi connectivity index (χ1v) is 8.72. The van der Waals surface area contributed by atoms with Gasteiger partial charge in [-0.3, -0.25) is 4.18 Å². The fourth-order valence-corrected chi connectivity index (χ4v) is 2.01. The Bertz CT molecular complexity index is 213. The molecule has 0 heterocycles. The third-order valence-corrected chi connectivity index (χ3v) is 7.48. The van der Waals surface area contributed by atoms with E-state index in [1.165, 1.54) is 18.5 Å². The molecule has 14 heavy (non-hydrogen) atoms. The van der Waals surface area contributed by atoms with Crippen LogP contribution >= 0.6 is 7.26 Å². The maximum Gasteiger partial charge on any atom is 0.217 e. The van der Waals surface area contributed by atoms with Gasteiger partial charge in [-0.15, -0.1) is 0 Å². The molecule has 88 valence electrons. The average Bonchev–Trinajstić information content (AvgIpc) is 2.16. The van der Waals surface area contributed by atoms with Crippen molar-refractivity contribution in [1.82, 2.24) is 0 Å². The van der Waals surface area contributed by atoms with E-state index in [0.717, 1.165) is 7.11 Å². The lowest BCUT2D eigenvalue weighted by atomic mass is 10.9. The highest BCUT2D eigenvalue weighted by atomic mass is 32.3. The molecule has 0 aromatic carbocycles. The van der Waals surface area contributed by atoms with Crippen LogP contribution in [0, 0.1) is 0 Å². The van der Waals surface area contributed by atoms with Crippen molar-refractivity contribution in [2.24, 2.45) is 0 Å². The van der Waals surface area contributed by atoms with E-state index in [-0.39, 0.29) is 0 Å². The SMILES string of the molecule is CC[P+](C)(CC)CC.COS(=O)(=O)[O-]. The van der Waals surface area contributed by atoms with Crippen LogP contribution in [0.1, 0.15) is 20.8 Å². The van der Waals surface area contributed by atoms with Gasteiger partial charge in [-0.2, -0.15) is 0 Å². The van der Waals surface area contributed by atoms with E-state index in [1.807, 2.05) is 0 Å². The van der Waals surface area contributed by atoms with E-state index < -0.39 is 17.7 Å². The monoisotopic (exact) mass is 244 g/mol. The van der Waals surface area contributed by atoms with Gasteiger partial charge in [-0.25, -0.2) is 8.42 Å². The van der Waals surface area contributed by atoms with Crippen LogP contribution in [0.3, 0.4) is 0 Å². The molecule has 0 aliphatic carbocycles.